The maximum atomic E-state index is 12.4. The molecule has 1 aromatic heterocycles. The van der Waals surface area contributed by atoms with Crippen LogP contribution in [0, 0.1) is 0 Å². The Morgan fingerprint density at radius 1 is 1.25 bits per heavy atom. The van der Waals surface area contributed by atoms with Gasteiger partial charge in [-0.2, -0.15) is 0 Å². The molecule has 2 aromatic rings. The van der Waals surface area contributed by atoms with Crippen LogP contribution in [0.25, 0.3) is 11.0 Å². The molecule has 7 heteroatoms. The average Bonchev–Trinajstić information content (AvgIpc) is 3.43. The number of H-pyrrole nitrogens is 1. The van der Waals surface area contributed by atoms with Crippen LogP contribution < -0.4 is 11.0 Å². The summed E-state index contributed by atoms with van der Waals surface area (Å²) < 4.78 is 13.0. The van der Waals surface area contributed by atoms with Crippen LogP contribution in [0.4, 0.5) is 0 Å². The number of hydrogen-bond acceptors (Lipinski definition) is 4. The molecule has 0 unspecified atom stereocenters. The van der Waals surface area contributed by atoms with Crippen LogP contribution >= 0.6 is 0 Å². The largest absolute Gasteiger partial charge is 0.379 e. The number of nitrogens with zero attached hydrogens (tertiary/aromatic N) is 1. The molecule has 1 atom stereocenters. The van der Waals surface area contributed by atoms with Crippen LogP contribution in [0.5, 0.6) is 0 Å². The predicted molar refractivity (Wildman–Crippen MR) is 107 cm³/mol. The number of hydrogen-bond donors (Lipinski definition) is 2. The standard InChI is InChI=1S/C21H29N3O4/c25-20(22-10-4-11-27-14-17-7-3-12-28-17)15-8-9-19-18(13-15)23-21(26)24(19)16-5-1-2-6-16/h8-9,13,16-17H,1-7,10-12,14H2,(H,22,25)(H,23,26)/t17-/m0/s1. The van der Waals surface area contributed by atoms with Gasteiger partial charge in [0.1, 0.15) is 0 Å². The number of rotatable bonds is 8. The van der Waals surface area contributed by atoms with Gasteiger partial charge in [0, 0.05) is 31.4 Å². The van der Waals surface area contributed by atoms with Gasteiger partial charge in [0.2, 0.25) is 0 Å². The second kappa shape index (κ2) is 8.92. The minimum absolute atomic E-state index is 0.0807. The van der Waals surface area contributed by atoms with Gasteiger partial charge in [0.05, 0.1) is 23.7 Å². The zero-order valence-corrected chi connectivity index (χ0v) is 16.2. The quantitative estimate of drug-likeness (QED) is 0.682. The average molecular weight is 387 g/mol. The van der Waals surface area contributed by atoms with E-state index in [1.807, 2.05) is 10.6 Å². The molecule has 1 aromatic carbocycles. The Balaban J connectivity index is 1.28. The summed E-state index contributed by atoms with van der Waals surface area (Å²) in [6, 6.07) is 5.72. The molecule has 4 rings (SSSR count). The minimum atomic E-state index is -0.129. The van der Waals surface area contributed by atoms with Crippen molar-refractivity contribution in [1.29, 1.82) is 0 Å². The Morgan fingerprint density at radius 3 is 2.89 bits per heavy atom. The summed E-state index contributed by atoms with van der Waals surface area (Å²) in [5.74, 6) is -0.129. The zero-order valence-electron chi connectivity index (χ0n) is 16.2. The van der Waals surface area contributed by atoms with E-state index in [2.05, 4.69) is 10.3 Å². The number of ether oxygens (including phenoxy) is 2. The highest BCUT2D eigenvalue weighted by atomic mass is 16.5. The van der Waals surface area contributed by atoms with Crippen LogP contribution in [0.1, 0.15) is 61.3 Å². The van der Waals surface area contributed by atoms with E-state index < -0.39 is 0 Å². The molecule has 28 heavy (non-hydrogen) atoms. The Kier molecular flexibility index (Phi) is 6.12. The lowest BCUT2D eigenvalue weighted by molar-refractivity contribution is 0.0166. The third kappa shape index (κ3) is 4.31. The van der Waals surface area contributed by atoms with E-state index in [4.69, 9.17) is 9.47 Å². The smallest absolute Gasteiger partial charge is 0.326 e. The molecular formula is C21H29N3O4. The van der Waals surface area contributed by atoms with Crippen molar-refractivity contribution in [1.82, 2.24) is 14.9 Å². The number of carbonyl (C=O) groups is 1. The number of aromatic nitrogens is 2. The molecule has 1 saturated heterocycles. The molecule has 0 spiro atoms. The fourth-order valence-corrected chi connectivity index (χ4v) is 4.27. The number of aromatic amines is 1. The highest BCUT2D eigenvalue weighted by molar-refractivity contribution is 5.97. The monoisotopic (exact) mass is 387 g/mol. The Morgan fingerprint density at radius 2 is 2.11 bits per heavy atom. The summed E-state index contributed by atoms with van der Waals surface area (Å²) in [7, 11) is 0. The predicted octanol–water partition coefficient (Wildman–Crippen LogP) is 2.76. The second-order valence-electron chi connectivity index (χ2n) is 7.79. The number of carbonyl (C=O) groups excluding carboxylic acids is 1. The number of amides is 1. The van der Waals surface area contributed by atoms with Gasteiger partial charge in [-0.15, -0.1) is 0 Å². The number of nitrogens with one attached hydrogen (secondary N) is 2. The normalized spacial score (nSPS) is 20.2. The van der Waals surface area contributed by atoms with Crippen LogP contribution in [0.2, 0.25) is 0 Å². The number of benzene rings is 1. The van der Waals surface area contributed by atoms with Crippen molar-refractivity contribution < 1.29 is 14.3 Å². The Labute approximate surface area is 164 Å². The first-order valence-corrected chi connectivity index (χ1v) is 10.4. The summed E-state index contributed by atoms with van der Waals surface area (Å²) in [5, 5.41) is 2.92. The van der Waals surface area contributed by atoms with Crippen LogP contribution in [0.15, 0.2) is 23.0 Å². The number of fused-ring (bicyclic) bond motifs is 1. The van der Waals surface area contributed by atoms with E-state index in [1.54, 1.807) is 12.1 Å². The molecule has 2 fully saturated rings. The molecule has 0 radical (unpaired) electrons. The van der Waals surface area contributed by atoms with E-state index in [0.717, 1.165) is 49.7 Å². The van der Waals surface area contributed by atoms with E-state index >= 15 is 0 Å². The zero-order chi connectivity index (χ0) is 19.3. The first-order chi connectivity index (χ1) is 13.7. The molecule has 152 valence electrons. The van der Waals surface area contributed by atoms with Gasteiger partial charge in [-0.05, 0) is 50.3 Å². The molecule has 1 aliphatic heterocycles. The molecule has 2 aliphatic rings. The molecule has 1 aliphatic carbocycles. The third-order valence-corrected chi connectivity index (χ3v) is 5.75. The third-order valence-electron chi connectivity index (χ3n) is 5.75. The van der Waals surface area contributed by atoms with Crippen LogP contribution in [-0.2, 0) is 9.47 Å². The van der Waals surface area contributed by atoms with E-state index in [9.17, 15) is 9.59 Å². The summed E-state index contributed by atoms with van der Waals surface area (Å²) in [6.45, 7) is 2.64. The molecule has 1 amide bonds. The lowest BCUT2D eigenvalue weighted by Crippen LogP contribution is -2.25. The molecule has 1 saturated carbocycles. The number of imidazole rings is 1. The maximum absolute atomic E-state index is 12.4. The topological polar surface area (TPSA) is 85.3 Å². The highest BCUT2D eigenvalue weighted by Gasteiger charge is 2.21. The van der Waals surface area contributed by atoms with Gasteiger partial charge < -0.3 is 19.8 Å². The van der Waals surface area contributed by atoms with Gasteiger partial charge in [-0.3, -0.25) is 9.36 Å². The van der Waals surface area contributed by atoms with Crippen molar-refractivity contribution in [3.05, 3.63) is 34.2 Å². The maximum Gasteiger partial charge on any atom is 0.326 e. The van der Waals surface area contributed by atoms with Crippen molar-refractivity contribution in [3.8, 4) is 0 Å². The van der Waals surface area contributed by atoms with E-state index in [-0.39, 0.29) is 23.7 Å². The lowest BCUT2D eigenvalue weighted by Gasteiger charge is -2.11. The van der Waals surface area contributed by atoms with Gasteiger partial charge >= 0.3 is 5.69 Å². The van der Waals surface area contributed by atoms with Crippen molar-refractivity contribution in [2.45, 2.75) is 57.1 Å². The van der Waals surface area contributed by atoms with Crippen molar-refractivity contribution in [2.24, 2.45) is 0 Å². The molecule has 7 nitrogen and oxygen atoms in total. The summed E-state index contributed by atoms with van der Waals surface area (Å²) in [5.41, 5.74) is 2.09. The second-order valence-corrected chi connectivity index (χ2v) is 7.79. The van der Waals surface area contributed by atoms with Gasteiger partial charge in [-0.25, -0.2) is 4.79 Å². The van der Waals surface area contributed by atoms with E-state index in [1.165, 1.54) is 12.8 Å². The first kappa shape index (κ1) is 19.2. The lowest BCUT2D eigenvalue weighted by atomic mass is 10.1. The van der Waals surface area contributed by atoms with Crippen molar-refractivity contribution >= 4 is 16.9 Å². The fourth-order valence-electron chi connectivity index (χ4n) is 4.27. The van der Waals surface area contributed by atoms with Crippen LogP contribution in [-0.4, -0.2) is 47.9 Å². The summed E-state index contributed by atoms with van der Waals surface area (Å²) in [6.07, 6.45) is 7.61. The van der Waals surface area contributed by atoms with Gasteiger partial charge in [0.15, 0.2) is 0 Å². The summed E-state index contributed by atoms with van der Waals surface area (Å²) >= 11 is 0. The van der Waals surface area contributed by atoms with Crippen molar-refractivity contribution in [3.63, 3.8) is 0 Å². The highest BCUT2D eigenvalue weighted by Crippen LogP contribution is 2.30. The first-order valence-electron chi connectivity index (χ1n) is 10.4. The van der Waals surface area contributed by atoms with Gasteiger partial charge in [-0.1, -0.05) is 12.8 Å². The van der Waals surface area contributed by atoms with Crippen LogP contribution in [0.3, 0.4) is 0 Å². The van der Waals surface area contributed by atoms with Gasteiger partial charge in [0.25, 0.3) is 5.91 Å². The van der Waals surface area contributed by atoms with Crippen molar-refractivity contribution in [2.75, 3.05) is 26.4 Å². The molecular weight excluding hydrogens is 358 g/mol. The molecule has 0 bridgehead atoms. The Hall–Kier alpha value is -2.12. The SMILES string of the molecule is O=C(NCCCOC[C@@H]1CCCO1)c1ccc2c(c1)[nH]c(=O)n2C1CCCC1. The Bertz CT molecular complexity index is 860. The van der Waals surface area contributed by atoms with E-state index in [0.29, 0.717) is 25.3 Å². The molecule has 2 N–H and O–H groups in total. The molecule has 2 heterocycles. The fraction of sp³-hybridized carbons (Fsp3) is 0.619. The summed E-state index contributed by atoms with van der Waals surface area (Å²) in [4.78, 5) is 27.7. The minimum Gasteiger partial charge on any atom is -0.379 e.